The zero-order chi connectivity index (χ0) is 20.1. The Labute approximate surface area is 176 Å². The van der Waals surface area contributed by atoms with Gasteiger partial charge >= 0.3 is 0 Å². The van der Waals surface area contributed by atoms with Crippen molar-refractivity contribution in [2.45, 2.75) is 32.4 Å². The molecule has 0 saturated carbocycles. The third kappa shape index (κ3) is 5.19. The topological polar surface area (TPSA) is 41.6 Å². The van der Waals surface area contributed by atoms with Crippen molar-refractivity contribution in [3.8, 4) is 5.75 Å². The van der Waals surface area contributed by atoms with Gasteiger partial charge in [-0.3, -0.25) is 9.69 Å². The average Bonchev–Trinajstić information content (AvgIpc) is 2.71. The van der Waals surface area contributed by atoms with Crippen LogP contribution in [0.1, 0.15) is 36.9 Å². The molecular weight excluding hydrogens is 395 g/mol. The van der Waals surface area contributed by atoms with Gasteiger partial charge in [0.05, 0.1) is 19.1 Å². The van der Waals surface area contributed by atoms with Crippen LogP contribution in [0.25, 0.3) is 0 Å². The maximum absolute atomic E-state index is 12.8. The van der Waals surface area contributed by atoms with Crippen LogP contribution >= 0.6 is 23.2 Å². The monoisotopic (exact) mass is 420 g/mol. The third-order valence-corrected chi connectivity index (χ3v) is 6.00. The highest BCUT2D eigenvalue weighted by atomic mass is 35.5. The van der Waals surface area contributed by atoms with Gasteiger partial charge < -0.3 is 10.1 Å². The van der Waals surface area contributed by atoms with Crippen molar-refractivity contribution in [3.63, 3.8) is 0 Å². The van der Waals surface area contributed by atoms with E-state index in [4.69, 9.17) is 27.9 Å². The molecule has 4 nitrogen and oxygen atoms in total. The van der Waals surface area contributed by atoms with Gasteiger partial charge in [0.1, 0.15) is 5.75 Å². The van der Waals surface area contributed by atoms with Crippen LogP contribution in [0, 0.1) is 5.92 Å². The van der Waals surface area contributed by atoms with Crippen molar-refractivity contribution in [1.82, 2.24) is 10.2 Å². The molecule has 0 aliphatic carbocycles. The second-order valence-corrected chi connectivity index (χ2v) is 8.09. The minimum Gasteiger partial charge on any atom is -0.497 e. The van der Waals surface area contributed by atoms with Gasteiger partial charge in [0.15, 0.2) is 0 Å². The molecule has 3 rings (SSSR count). The zero-order valence-electron chi connectivity index (χ0n) is 16.3. The highest BCUT2D eigenvalue weighted by molar-refractivity contribution is 6.35. The number of halogens is 2. The smallest absolute Gasteiger partial charge is 0.224 e. The Morgan fingerprint density at radius 3 is 2.54 bits per heavy atom. The molecule has 1 N–H and O–H groups in total. The number of hydrogen-bond donors (Lipinski definition) is 1. The SMILES string of the molecule is COc1ccc([C@H](C)NC(=O)[C@H]2CCCN(Cc3c(Cl)cccc3Cl)C2)cc1. The van der Waals surface area contributed by atoms with E-state index >= 15 is 0 Å². The molecule has 1 aliphatic heterocycles. The molecule has 1 heterocycles. The van der Waals surface area contributed by atoms with Gasteiger partial charge in [-0.2, -0.15) is 0 Å². The molecule has 2 atom stereocenters. The van der Waals surface area contributed by atoms with Crippen LogP contribution in [0.4, 0.5) is 0 Å². The summed E-state index contributed by atoms with van der Waals surface area (Å²) in [5.41, 5.74) is 1.99. The summed E-state index contributed by atoms with van der Waals surface area (Å²) < 4.78 is 5.19. The Morgan fingerprint density at radius 2 is 1.89 bits per heavy atom. The summed E-state index contributed by atoms with van der Waals surface area (Å²) in [4.78, 5) is 15.1. The van der Waals surface area contributed by atoms with Crippen molar-refractivity contribution < 1.29 is 9.53 Å². The summed E-state index contributed by atoms with van der Waals surface area (Å²) in [6.07, 6.45) is 1.88. The number of benzene rings is 2. The fraction of sp³-hybridized carbons (Fsp3) is 0.409. The first-order chi connectivity index (χ1) is 13.5. The molecule has 6 heteroatoms. The Bertz CT molecular complexity index is 790. The first-order valence-corrected chi connectivity index (χ1v) is 10.3. The van der Waals surface area contributed by atoms with Crippen molar-refractivity contribution >= 4 is 29.1 Å². The number of ether oxygens (including phenoxy) is 1. The fourth-order valence-corrected chi connectivity index (χ4v) is 4.14. The summed E-state index contributed by atoms with van der Waals surface area (Å²) in [5, 5.41) is 4.50. The molecule has 150 valence electrons. The van der Waals surface area contributed by atoms with Gasteiger partial charge in [-0.05, 0) is 56.1 Å². The summed E-state index contributed by atoms with van der Waals surface area (Å²) in [6.45, 7) is 4.32. The van der Waals surface area contributed by atoms with Gasteiger partial charge in [-0.25, -0.2) is 0 Å². The summed E-state index contributed by atoms with van der Waals surface area (Å²) in [6, 6.07) is 13.3. The molecule has 0 radical (unpaired) electrons. The molecule has 1 fully saturated rings. The summed E-state index contributed by atoms with van der Waals surface area (Å²) in [7, 11) is 1.64. The van der Waals surface area contributed by atoms with Crippen molar-refractivity contribution in [2.75, 3.05) is 20.2 Å². The van der Waals surface area contributed by atoms with E-state index in [1.807, 2.05) is 49.4 Å². The Kier molecular flexibility index (Phi) is 7.22. The molecule has 0 aromatic heterocycles. The van der Waals surface area contributed by atoms with Crippen LogP contribution < -0.4 is 10.1 Å². The lowest BCUT2D eigenvalue weighted by molar-refractivity contribution is -0.127. The van der Waals surface area contributed by atoms with Crippen LogP contribution in [0.5, 0.6) is 5.75 Å². The van der Waals surface area contributed by atoms with Crippen molar-refractivity contribution in [2.24, 2.45) is 5.92 Å². The molecule has 2 aromatic rings. The molecule has 1 saturated heterocycles. The number of carbonyl (C=O) groups excluding carboxylic acids is 1. The predicted octanol–water partition coefficient (Wildman–Crippen LogP) is 5.09. The molecule has 1 aliphatic rings. The third-order valence-electron chi connectivity index (χ3n) is 5.29. The minimum absolute atomic E-state index is 0.0317. The second kappa shape index (κ2) is 9.64. The lowest BCUT2D eigenvalue weighted by atomic mass is 9.96. The maximum Gasteiger partial charge on any atom is 0.224 e. The molecule has 0 spiro atoms. The van der Waals surface area contributed by atoms with Gasteiger partial charge in [-0.15, -0.1) is 0 Å². The van der Waals surface area contributed by atoms with Crippen molar-refractivity contribution in [1.29, 1.82) is 0 Å². The zero-order valence-corrected chi connectivity index (χ0v) is 17.8. The minimum atomic E-state index is -0.0493. The van der Waals surface area contributed by atoms with Crippen LogP contribution in [0.15, 0.2) is 42.5 Å². The molecular formula is C22H26Cl2N2O2. The van der Waals surface area contributed by atoms with E-state index in [-0.39, 0.29) is 17.9 Å². The number of methoxy groups -OCH3 is 1. The standard InChI is InChI=1S/C22H26Cl2N2O2/c1-15(16-8-10-18(28-2)11-9-16)25-22(27)17-5-4-12-26(13-17)14-19-20(23)6-3-7-21(19)24/h3,6-11,15,17H,4-5,12-14H2,1-2H3,(H,25,27)/t15-,17-/m0/s1. The quantitative estimate of drug-likeness (QED) is 0.707. The average molecular weight is 421 g/mol. The summed E-state index contributed by atoms with van der Waals surface area (Å²) in [5.74, 6) is 0.873. The Balaban J connectivity index is 1.59. The number of hydrogen-bond acceptors (Lipinski definition) is 3. The lowest BCUT2D eigenvalue weighted by Crippen LogP contribution is -2.43. The van der Waals surface area contributed by atoms with E-state index in [0.717, 1.165) is 36.3 Å². The first-order valence-electron chi connectivity index (χ1n) is 9.57. The summed E-state index contributed by atoms with van der Waals surface area (Å²) >= 11 is 12.6. The number of nitrogens with one attached hydrogen (secondary N) is 1. The molecule has 0 bridgehead atoms. The number of nitrogens with zero attached hydrogens (tertiary/aromatic N) is 1. The van der Waals surface area contributed by atoms with E-state index in [0.29, 0.717) is 23.1 Å². The highest BCUT2D eigenvalue weighted by Crippen LogP contribution is 2.28. The number of amides is 1. The predicted molar refractivity (Wildman–Crippen MR) is 114 cm³/mol. The van der Waals surface area contributed by atoms with Gasteiger partial charge in [0.2, 0.25) is 5.91 Å². The first kappa shape index (κ1) is 21.0. The second-order valence-electron chi connectivity index (χ2n) is 7.28. The Morgan fingerprint density at radius 1 is 1.21 bits per heavy atom. The van der Waals surface area contributed by atoms with Crippen LogP contribution in [0.2, 0.25) is 10.0 Å². The van der Waals surface area contributed by atoms with Crippen LogP contribution in [-0.2, 0) is 11.3 Å². The highest BCUT2D eigenvalue weighted by Gasteiger charge is 2.27. The van der Waals surface area contributed by atoms with Crippen LogP contribution in [0.3, 0.4) is 0 Å². The molecule has 0 unspecified atom stereocenters. The van der Waals surface area contributed by atoms with Crippen molar-refractivity contribution in [3.05, 3.63) is 63.6 Å². The molecule has 28 heavy (non-hydrogen) atoms. The maximum atomic E-state index is 12.8. The fourth-order valence-electron chi connectivity index (χ4n) is 3.63. The normalized spacial score (nSPS) is 18.5. The van der Waals surface area contributed by atoms with E-state index in [2.05, 4.69) is 10.2 Å². The van der Waals surface area contributed by atoms with E-state index in [9.17, 15) is 4.79 Å². The molecule has 2 aromatic carbocycles. The van der Waals surface area contributed by atoms with E-state index in [1.165, 1.54) is 0 Å². The number of likely N-dealkylation sites (tertiary alicyclic amines) is 1. The molecule has 1 amide bonds. The number of rotatable bonds is 6. The van der Waals surface area contributed by atoms with Crippen LogP contribution in [-0.4, -0.2) is 31.0 Å². The van der Waals surface area contributed by atoms with Gasteiger partial charge in [-0.1, -0.05) is 41.4 Å². The van der Waals surface area contributed by atoms with E-state index < -0.39 is 0 Å². The number of piperidine rings is 1. The van der Waals surface area contributed by atoms with Gasteiger partial charge in [0.25, 0.3) is 0 Å². The largest absolute Gasteiger partial charge is 0.497 e. The number of carbonyl (C=O) groups is 1. The lowest BCUT2D eigenvalue weighted by Gasteiger charge is -2.33. The van der Waals surface area contributed by atoms with E-state index in [1.54, 1.807) is 7.11 Å². The Hall–Kier alpha value is -1.75. The van der Waals surface area contributed by atoms with Gasteiger partial charge in [0, 0.05) is 28.7 Å².